The Morgan fingerprint density at radius 3 is 2.23 bits per heavy atom. The van der Waals surface area contributed by atoms with Gasteiger partial charge in [-0.1, -0.05) is 66.2 Å². The lowest BCUT2D eigenvalue weighted by atomic mass is 10.0. The van der Waals surface area contributed by atoms with Crippen molar-refractivity contribution >= 4 is 39.3 Å². The van der Waals surface area contributed by atoms with Crippen LogP contribution in [-0.2, 0) is 32.6 Å². The van der Waals surface area contributed by atoms with Gasteiger partial charge in [-0.15, -0.1) is 0 Å². The summed E-state index contributed by atoms with van der Waals surface area (Å²) >= 11 is 6.20. The lowest BCUT2D eigenvalue weighted by Gasteiger charge is -2.34. The molecule has 0 radical (unpaired) electrons. The van der Waals surface area contributed by atoms with Gasteiger partial charge in [-0.3, -0.25) is 14.4 Å². The Morgan fingerprint density at radius 1 is 0.949 bits per heavy atom. The maximum atomic E-state index is 13.9. The van der Waals surface area contributed by atoms with Crippen LogP contribution < -0.4 is 5.32 Å². The summed E-state index contributed by atoms with van der Waals surface area (Å²) in [7, 11) is -4.22. The first kappa shape index (κ1) is 28.3. The van der Waals surface area contributed by atoms with Crippen molar-refractivity contribution in [3.8, 4) is 0 Å². The number of nitrogens with one attached hydrogen (secondary N) is 1. The van der Waals surface area contributed by atoms with E-state index in [1.807, 2.05) is 51.1 Å². The van der Waals surface area contributed by atoms with E-state index in [0.29, 0.717) is 14.9 Å². The van der Waals surface area contributed by atoms with Crippen LogP contribution in [0.1, 0.15) is 42.3 Å². The SMILES string of the molecule is CC(C)(C)NC(=O)[C@H](Cc1ccccc1)N(Cc1cccc(Cl)c1)C(=O)CN1C(=O)c2ccccc2S1(=O)=O. The molecule has 1 aliphatic heterocycles. The Kier molecular flexibility index (Phi) is 8.13. The molecule has 0 spiro atoms. The van der Waals surface area contributed by atoms with Crippen LogP contribution >= 0.6 is 11.6 Å². The van der Waals surface area contributed by atoms with Crippen molar-refractivity contribution in [2.75, 3.05) is 6.54 Å². The Balaban J connectivity index is 1.73. The molecule has 3 amide bonds. The van der Waals surface area contributed by atoms with Crippen molar-refractivity contribution in [2.24, 2.45) is 0 Å². The summed E-state index contributed by atoms with van der Waals surface area (Å²) in [5.41, 5.74) is 0.884. The molecule has 1 aliphatic rings. The molecule has 10 heteroatoms. The maximum absolute atomic E-state index is 13.9. The van der Waals surface area contributed by atoms with Gasteiger partial charge in [0.2, 0.25) is 11.8 Å². The van der Waals surface area contributed by atoms with Gasteiger partial charge in [-0.05, 0) is 56.2 Å². The quantitative estimate of drug-likeness (QED) is 0.442. The van der Waals surface area contributed by atoms with E-state index in [-0.39, 0.29) is 23.4 Å². The number of nitrogens with zero attached hydrogens (tertiary/aromatic N) is 2. The fourth-order valence-corrected chi connectivity index (χ4v) is 6.17. The molecular formula is C29H30ClN3O5S. The first-order valence-corrected chi connectivity index (χ1v) is 14.2. The minimum absolute atomic E-state index is 0.0120. The summed E-state index contributed by atoms with van der Waals surface area (Å²) in [5, 5.41) is 3.40. The van der Waals surface area contributed by atoms with Gasteiger partial charge in [0.1, 0.15) is 17.5 Å². The smallest absolute Gasteiger partial charge is 0.269 e. The van der Waals surface area contributed by atoms with E-state index in [4.69, 9.17) is 11.6 Å². The second kappa shape index (κ2) is 11.2. The number of carbonyl (C=O) groups excluding carboxylic acids is 3. The van der Waals surface area contributed by atoms with Crippen LogP contribution in [0.25, 0.3) is 0 Å². The molecule has 3 aromatic carbocycles. The van der Waals surface area contributed by atoms with Crippen LogP contribution in [0.5, 0.6) is 0 Å². The highest BCUT2D eigenvalue weighted by molar-refractivity contribution is 7.90. The molecule has 204 valence electrons. The zero-order valence-corrected chi connectivity index (χ0v) is 23.5. The standard InChI is InChI=1S/C29H30ClN3O5S/c1-29(2,3)31-27(35)24(17-20-10-5-4-6-11-20)32(18-21-12-9-13-22(30)16-21)26(34)19-33-28(36)23-14-7-8-15-25(23)39(33,37)38/h4-16,24H,17-19H2,1-3H3,(H,31,35)/t24-/m0/s1. The number of fused-ring (bicyclic) bond motifs is 1. The van der Waals surface area contributed by atoms with E-state index in [1.165, 1.54) is 23.1 Å². The number of carbonyl (C=O) groups is 3. The summed E-state index contributed by atoms with van der Waals surface area (Å²) in [6.45, 7) is 4.73. The zero-order chi connectivity index (χ0) is 28.4. The summed E-state index contributed by atoms with van der Waals surface area (Å²) in [6, 6.07) is 20.9. The van der Waals surface area contributed by atoms with E-state index in [1.54, 1.807) is 30.3 Å². The zero-order valence-electron chi connectivity index (χ0n) is 21.9. The molecule has 3 aromatic rings. The molecule has 0 saturated carbocycles. The average Bonchev–Trinajstić information content (AvgIpc) is 3.06. The Hall–Kier alpha value is -3.69. The number of rotatable bonds is 8. The predicted octanol–water partition coefficient (Wildman–Crippen LogP) is 4.04. The van der Waals surface area contributed by atoms with Crippen molar-refractivity contribution < 1.29 is 22.8 Å². The first-order valence-electron chi connectivity index (χ1n) is 12.4. The van der Waals surface area contributed by atoms with Crippen LogP contribution in [0.2, 0.25) is 5.02 Å². The molecule has 0 saturated heterocycles. The van der Waals surface area contributed by atoms with Crippen molar-refractivity contribution in [1.29, 1.82) is 0 Å². The Bertz CT molecular complexity index is 1500. The monoisotopic (exact) mass is 567 g/mol. The van der Waals surface area contributed by atoms with E-state index in [9.17, 15) is 22.8 Å². The molecule has 1 atom stereocenters. The summed E-state index contributed by atoms with van der Waals surface area (Å²) in [6.07, 6.45) is 0.177. The van der Waals surface area contributed by atoms with E-state index in [2.05, 4.69) is 5.32 Å². The van der Waals surface area contributed by atoms with Gasteiger partial charge in [0, 0.05) is 23.5 Å². The predicted molar refractivity (Wildman–Crippen MR) is 148 cm³/mol. The van der Waals surface area contributed by atoms with Crippen molar-refractivity contribution in [1.82, 2.24) is 14.5 Å². The molecule has 0 fully saturated rings. The van der Waals surface area contributed by atoms with Crippen LogP contribution in [-0.4, -0.2) is 53.5 Å². The maximum Gasteiger partial charge on any atom is 0.269 e. The lowest BCUT2D eigenvalue weighted by molar-refractivity contribution is -0.141. The number of halogens is 1. The van der Waals surface area contributed by atoms with Crippen molar-refractivity contribution in [3.63, 3.8) is 0 Å². The average molecular weight is 568 g/mol. The fourth-order valence-electron chi connectivity index (χ4n) is 4.44. The molecule has 0 aliphatic carbocycles. The van der Waals surface area contributed by atoms with E-state index in [0.717, 1.165) is 5.56 Å². The molecule has 1 N–H and O–H groups in total. The molecular weight excluding hydrogens is 538 g/mol. The molecule has 39 heavy (non-hydrogen) atoms. The third kappa shape index (κ3) is 6.49. The van der Waals surface area contributed by atoms with E-state index < -0.39 is 45.9 Å². The number of sulfonamides is 1. The number of hydrogen-bond donors (Lipinski definition) is 1. The van der Waals surface area contributed by atoms with Gasteiger partial charge >= 0.3 is 0 Å². The van der Waals surface area contributed by atoms with Gasteiger partial charge in [0.25, 0.3) is 15.9 Å². The second-order valence-electron chi connectivity index (χ2n) is 10.4. The minimum atomic E-state index is -4.22. The van der Waals surface area contributed by atoms with Gasteiger partial charge in [-0.25, -0.2) is 12.7 Å². The van der Waals surface area contributed by atoms with Gasteiger partial charge in [0.15, 0.2) is 0 Å². The molecule has 0 unspecified atom stereocenters. The third-order valence-corrected chi connectivity index (χ3v) is 8.22. The first-order chi connectivity index (χ1) is 18.4. The molecule has 1 heterocycles. The number of hydrogen-bond acceptors (Lipinski definition) is 5. The second-order valence-corrected chi connectivity index (χ2v) is 12.7. The van der Waals surface area contributed by atoms with Crippen LogP contribution in [0, 0.1) is 0 Å². The fraction of sp³-hybridized carbons (Fsp3) is 0.276. The highest BCUT2D eigenvalue weighted by atomic mass is 35.5. The topological polar surface area (TPSA) is 104 Å². The summed E-state index contributed by atoms with van der Waals surface area (Å²) in [5.74, 6) is -1.87. The van der Waals surface area contributed by atoms with Crippen molar-refractivity contribution in [3.05, 3.63) is 101 Å². The molecule has 0 aromatic heterocycles. The van der Waals surface area contributed by atoms with Crippen molar-refractivity contribution in [2.45, 2.75) is 50.2 Å². The Morgan fingerprint density at radius 2 is 1.59 bits per heavy atom. The van der Waals surface area contributed by atoms with Crippen LogP contribution in [0.15, 0.2) is 83.8 Å². The third-order valence-electron chi connectivity index (χ3n) is 6.20. The lowest BCUT2D eigenvalue weighted by Crippen LogP contribution is -2.56. The van der Waals surface area contributed by atoms with E-state index >= 15 is 0 Å². The molecule has 4 rings (SSSR count). The number of benzene rings is 3. The Labute approximate surface area is 233 Å². The minimum Gasteiger partial charge on any atom is -0.350 e. The summed E-state index contributed by atoms with van der Waals surface area (Å²) in [4.78, 5) is 41.8. The van der Waals surface area contributed by atoms with Gasteiger partial charge < -0.3 is 10.2 Å². The molecule has 8 nitrogen and oxygen atoms in total. The van der Waals surface area contributed by atoms with Crippen LogP contribution in [0.3, 0.4) is 0 Å². The number of amides is 3. The van der Waals surface area contributed by atoms with Gasteiger partial charge in [0.05, 0.1) is 5.56 Å². The summed E-state index contributed by atoms with van der Waals surface area (Å²) < 4.78 is 26.9. The highest BCUT2D eigenvalue weighted by Crippen LogP contribution is 2.30. The largest absolute Gasteiger partial charge is 0.350 e. The van der Waals surface area contributed by atoms with Crippen LogP contribution in [0.4, 0.5) is 0 Å². The van der Waals surface area contributed by atoms with Gasteiger partial charge in [-0.2, -0.15) is 0 Å². The molecule has 0 bridgehead atoms. The normalized spacial score (nSPS) is 15.0. The highest BCUT2D eigenvalue weighted by Gasteiger charge is 2.43.